The van der Waals surface area contributed by atoms with E-state index in [9.17, 15) is 4.79 Å². The number of allylic oxidation sites excluding steroid dienone is 2. The van der Waals surface area contributed by atoms with Crippen LogP contribution >= 0.6 is 0 Å². The smallest absolute Gasteiger partial charge is 0.209 e. The van der Waals surface area contributed by atoms with E-state index in [-0.39, 0.29) is 17.4 Å². The molecular formula is C19H19NO4. The van der Waals surface area contributed by atoms with Crippen molar-refractivity contribution in [2.45, 2.75) is 24.3 Å². The van der Waals surface area contributed by atoms with Crippen molar-refractivity contribution in [3.05, 3.63) is 46.9 Å². The van der Waals surface area contributed by atoms with Gasteiger partial charge in [-0.05, 0) is 30.5 Å². The number of piperidine rings is 1. The fourth-order valence-corrected chi connectivity index (χ4v) is 5.15. The van der Waals surface area contributed by atoms with E-state index < -0.39 is 0 Å². The van der Waals surface area contributed by atoms with Gasteiger partial charge in [0, 0.05) is 24.1 Å². The van der Waals surface area contributed by atoms with Crippen LogP contribution in [0.5, 0.6) is 11.5 Å². The van der Waals surface area contributed by atoms with Crippen LogP contribution in [-0.2, 0) is 21.4 Å². The first-order valence-corrected chi connectivity index (χ1v) is 8.30. The molecule has 124 valence electrons. The molecule has 5 rings (SSSR count). The third-order valence-electron chi connectivity index (χ3n) is 6.12. The maximum Gasteiger partial charge on any atom is 0.209 e. The van der Waals surface area contributed by atoms with Crippen molar-refractivity contribution in [1.29, 1.82) is 0 Å². The van der Waals surface area contributed by atoms with E-state index in [0.717, 1.165) is 48.8 Å². The van der Waals surface area contributed by atoms with E-state index in [1.807, 2.05) is 17.0 Å². The summed E-state index contributed by atoms with van der Waals surface area (Å²) in [6, 6.07) is 4.24. The molecule has 1 aromatic carbocycles. The maximum atomic E-state index is 11.6. The van der Waals surface area contributed by atoms with Gasteiger partial charge in [0.15, 0.2) is 23.0 Å². The summed E-state index contributed by atoms with van der Waals surface area (Å²) in [5.74, 6) is 3.46. The topological polar surface area (TPSA) is 48.0 Å². The fraction of sp³-hybridized carbons (Fsp3) is 0.421. The summed E-state index contributed by atoms with van der Waals surface area (Å²) >= 11 is 0. The normalized spacial score (nSPS) is 31.5. The molecule has 2 aliphatic carbocycles. The number of rotatable bonds is 3. The van der Waals surface area contributed by atoms with E-state index in [2.05, 4.69) is 12.1 Å². The third-order valence-corrected chi connectivity index (χ3v) is 6.12. The molecule has 1 amide bonds. The largest absolute Gasteiger partial charge is 0.493 e. The first kappa shape index (κ1) is 14.0. The lowest BCUT2D eigenvalue weighted by Gasteiger charge is -2.53. The molecule has 0 N–H and O–H groups in total. The van der Waals surface area contributed by atoms with Crippen LogP contribution in [0.25, 0.3) is 0 Å². The number of benzene rings is 1. The minimum Gasteiger partial charge on any atom is -0.493 e. The van der Waals surface area contributed by atoms with Gasteiger partial charge in [0.1, 0.15) is 0 Å². The molecule has 2 aliphatic heterocycles. The zero-order valence-corrected chi connectivity index (χ0v) is 13.7. The van der Waals surface area contributed by atoms with Crippen molar-refractivity contribution in [3.8, 4) is 11.5 Å². The summed E-state index contributed by atoms with van der Waals surface area (Å²) in [5.41, 5.74) is 2.25. The first-order chi connectivity index (χ1) is 11.7. The molecule has 5 nitrogen and oxygen atoms in total. The molecule has 0 saturated carbocycles. The van der Waals surface area contributed by atoms with E-state index in [4.69, 9.17) is 14.2 Å². The number of carbonyl (C=O) groups excluding carboxylic acids is 1. The molecule has 2 bridgehead atoms. The second kappa shape index (κ2) is 4.56. The fourth-order valence-electron chi connectivity index (χ4n) is 5.15. The molecule has 24 heavy (non-hydrogen) atoms. The molecule has 1 spiro atoms. The molecular weight excluding hydrogens is 306 g/mol. The Hall–Kier alpha value is -2.43. The number of amides is 1. The molecule has 3 atom stereocenters. The average molecular weight is 325 g/mol. The van der Waals surface area contributed by atoms with Gasteiger partial charge in [0.2, 0.25) is 6.41 Å². The molecule has 1 fully saturated rings. The Kier molecular flexibility index (Phi) is 2.65. The van der Waals surface area contributed by atoms with Gasteiger partial charge in [0.25, 0.3) is 0 Å². The number of ether oxygens (including phenoxy) is 3. The number of methoxy groups -OCH3 is 2. The highest BCUT2D eigenvalue weighted by molar-refractivity contribution is 5.67. The van der Waals surface area contributed by atoms with Crippen molar-refractivity contribution < 1.29 is 19.0 Å². The van der Waals surface area contributed by atoms with Crippen LogP contribution in [0.1, 0.15) is 17.5 Å². The van der Waals surface area contributed by atoms with Crippen LogP contribution in [-0.4, -0.2) is 38.1 Å². The highest BCUT2D eigenvalue weighted by Gasteiger charge is 2.62. The summed E-state index contributed by atoms with van der Waals surface area (Å²) in [4.78, 5) is 13.5. The van der Waals surface area contributed by atoms with Gasteiger partial charge in [0.05, 0.1) is 19.6 Å². The molecule has 2 heterocycles. The Bertz CT molecular complexity index is 812. The highest BCUT2D eigenvalue weighted by Crippen LogP contribution is 2.63. The van der Waals surface area contributed by atoms with Gasteiger partial charge in [-0.15, -0.1) is 0 Å². The van der Waals surface area contributed by atoms with Crippen molar-refractivity contribution in [1.82, 2.24) is 4.90 Å². The van der Waals surface area contributed by atoms with Gasteiger partial charge < -0.3 is 19.1 Å². The zero-order chi connectivity index (χ0) is 16.5. The third kappa shape index (κ3) is 1.39. The van der Waals surface area contributed by atoms with Crippen LogP contribution in [0.3, 0.4) is 0 Å². The predicted molar refractivity (Wildman–Crippen MR) is 86.8 cm³/mol. The van der Waals surface area contributed by atoms with Gasteiger partial charge in [-0.2, -0.15) is 0 Å². The van der Waals surface area contributed by atoms with Gasteiger partial charge in [-0.3, -0.25) is 4.79 Å². The molecule has 0 radical (unpaired) electrons. The summed E-state index contributed by atoms with van der Waals surface area (Å²) in [6.07, 6.45) is 6.87. The molecule has 4 aliphatic rings. The Morgan fingerprint density at radius 1 is 1.33 bits per heavy atom. The number of carbonyl (C=O) groups is 1. The molecule has 5 heteroatoms. The second-order valence-corrected chi connectivity index (χ2v) is 6.85. The molecule has 0 unspecified atom stereocenters. The molecule has 1 aromatic rings. The highest BCUT2D eigenvalue weighted by atomic mass is 16.5. The summed E-state index contributed by atoms with van der Waals surface area (Å²) in [6.45, 7) is 0.735. The predicted octanol–water partition coefficient (Wildman–Crippen LogP) is 2.16. The van der Waals surface area contributed by atoms with Crippen molar-refractivity contribution >= 4 is 6.41 Å². The monoisotopic (exact) mass is 325 g/mol. The minimum absolute atomic E-state index is 0.163. The summed E-state index contributed by atoms with van der Waals surface area (Å²) < 4.78 is 17.5. The number of hydrogen-bond acceptors (Lipinski definition) is 4. The minimum atomic E-state index is -0.234. The van der Waals surface area contributed by atoms with E-state index >= 15 is 0 Å². The Morgan fingerprint density at radius 3 is 2.96 bits per heavy atom. The number of likely N-dealkylation sites (tertiary alicyclic amines) is 1. The van der Waals surface area contributed by atoms with Crippen molar-refractivity contribution in [2.24, 2.45) is 5.92 Å². The van der Waals surface area contributed by atoms with Crippen LogP contribution in [0.15, 0.2) is 35.8 Å². The van der Waals surface area contributed by atoms with Crippen LogP contribution < -0.4 is 9.47 Å². The molecule has 1 saturated heterocycles. The van der Waals surface area contributed by atoms with Crippen molar-refractivity contribution in [2.75, 3.05) is 20.8 Å². The summed E-state index contributed by atoms with van der Waals surface area (Å²) in [5, 5.41) is 0. The molecule has 0 aromatic heterocycles. The van der Waals surface area contributed by atoms with E-state index in [1.165, 1.54) is 11.1 Å². The lowest BCUT2D eigenvalue weighted by atomic mass is 9.55. The Balaban J connectivity index is 1.83. The Labute approximate surface area is 140 Å². The SMILES string of the molecule is COC1=C2Oc3c(OC)ccc4c3[C@]23CCN(C=O)[C@H](C4)[C@H]3C=C1. The van der Waals surface area contributed by atoms with Crippen molar-refractivity contribution in [3.63, 3.8) is 0 Å². The van der Waals surface area contributed by atoms with E-state index in [1.54, 1.807) is 14.2 Å². The number of hydrogen-bond donors (Lipinski definition) is 0. The second-order valence-electron chi connectivity index (χ2n) is 6.85. The Morgan fingerprint density at radius 2 is 2.21 bits per heavy atom. The first-order valence-electron chi connectivity index (χ1n) is 8.30. The van der Waals surface area contributed by atoms with Crippen LogP contribution in [0.2, 0.25) is 0 Å². The lowest BCUT2D eigenvalue weighted by molar-refractivity contribution is -0.124. The van der Waals surface area contributed by atoms with Gasteiger partial charge in [-0.1, -0.05) is 12.1 Å². The average Bonchev–Trinajstić information content (AvgIpc) is 2.96. The maximum absolute atomic E-state index is 11.6. The van der Waals surface area contributed by atoms with Crippen LogP contribution in [0, 0.1) is 5.92 Å². The lowest BCUT2D eigenvalue weighted by Crippen LogP contribution is -2.59. The van der Waals surface area contributed by atoms with Gasteiger partial charge >= 0.3 is 0 Å². The standard InChI is InChI=1S/C19H19NO4/c1-22-14-5-3-11-9-13-12-4-6-15(23-2)18-19(12,7-8-20(13)10-21)16(11)17(14)24-18/h3-6,10,12-13H,7-9H2,1-2H3/t12-,13-,19-/m1/s1. The van der Waals surface area contributed by atoms with Crippen LogP contribution in [0.4, 0.5) is 0 Å². The van der Waals surface area contributed by atoms with Gasteiger partial charge in [-0.25, -0.2) is 0 Å². The summed E-state index contributed by atoms with van der Waals surface area (Å²) in [7, 11) is 3.35. The van der Waals surface area contributed by atoms with E-state index in [0.29, 0.717) is 0 Å². The quantitative estimate of drug-likeness (QED) is 0.799. The number of nitrogens with zero attached hydrogens (tertiary/aromatic N) is 1. The zero-order valence-electron chi connectivity index (χ0n) is 13.7.